The molecule has 1 atom stereocenters. The Balaban J connectivity index is 1.31. The van der Waals surface area contributed by atoms with Crippen LogP contribution in [0, 0.1) is 5.92 Å². The molecule has 9 heteroatoms. The molecule has 0 unspecified atom stereocenters. The summed E-state index contributed by atoms with van der Waals surface area (Å²) in [7, 11) is 0. The zero-order chi connectivity index (χ0) is 23.5. The molecule has 2 aliphatic heterocycles. The van der Waals surface area contributed by atoms with Gasteiger partial charge in [-0.1, -0.05) is 6.07 Å². The van der Waals surface area contributed by atoms with Crippen molar-refractivity contribution in [1.82, 2.24) is 24.8 Å². The molecule has 3 aromatic heterocycles. The lowest BCUT2D eigenvalue weighted by Gasteiger charge is -2.30. The molecule has 5 rings (SSSR count). The lowest BCUT2D eigenvalue weighted by molar-refractivity contribution is 0.127. The maximum Gasteiger partial charge on any atom is 0.229 e. The van der Waals surface area contributed by atoms with Crippen molar-refractivity contribution in [2.45, 2.75) is 45.3 Å². The van der Waals surface area contributed by atoms with Crippen molar-refractivity contribution in [3.05, 3.63) is 41.9 Å². The Bertz CT molecular complexity index is 1110. The van der Waals surface area contributed by atoms with Crippen LogP contribution < -0.4 is 10.2 Å². The Morgan fingerprint density at radius 2 is 1.85 bits per heavy atom. The molecule has 2 fully saturated rings. The van der Waals surface area contributed by atoms with Gasteiger partial charge in [-0.25, -0.2) is 19.9 Å². The second kappa shape index (κ2) is 10.2. The van der Waals surface area contributed by atoms with Gasteiger partial charge in [0.1, 0.15) is 11.3 Å². The van der Waals surface area contributed by atoms with Gasteiger partial charge in [-0.3, -0.25) is 4.90 Å². The summed E-state index contributed by atoms with van der Waals surface area (Å²) in [4.78, 5) is 23.2. The van der Waals surface area contributed by atoms with E-state index in [1.54, 1.807) is 13.1 Å². The van der Waals surface area contributed by atoms with Gasteiger partial charge < -0.3 is 20.4 Å². The van der Waals surface area contributed by atoms with Gasteiger partial charge in [0, 0.05) is 44.0 Å². The van der Waals surface area contributed by atoms with Crippen LogP contribution in [-0.2, 0) is 6.54 Å². The number of hydrogen-bond donors (Lipinski definition) is 3. The highest BCUT2D eigenvalue weighted by atomic mass is 16.3. The van der Waals surface area contributed by atoms with Gasteiger partial charge in [0.2, 0.25) is 5.95 Å². The fraction of sp³-hybridized carbons (Fsp3) is 0.520. The number of hydrogen-bond acceptors (Lipinski definition) is 9. The number of rotatable bonds is 7. The second-order valence-corrected chi connectivity index (χ2v) is 9.45. The van der Waals surface area contributed by atoms with Gasteiger partial charge in [-0.2, -0.15) is 0 Å². The molecule has 34 heavy (non-hydrogen) atoms. The van der Waals surface area contributed by atoms with E-state index in [1.165, 1.54) is 5.56 Å². The summed E-state index contributed by atoms with van der Waals surface area (Å²) < 4.78 is 0. The monoisotopic (exact) mass is 463 g/mol. The minimum absolute atomic E-state index is 0.296. The topological polar surface area (TPSA) is 111 Å². The van der Waals surface area contributed by atoms with Crippen LogP contribution in [0.15, 0.2) is 30.6 Å². The Kier molecular flexibility index (Phi) is 6.85. The summed E-state index contributed by atoms with van der Waals surface area (Å²) in [5, 5.41) is 23.5. The predicted octanol–water partition coefficient (Wildman–Crippen LogP) is 3.02. The second-order valence-electron chi connectivity index (χ2n) is 9.45. The molecular formula is C25H33N7O2. The maximum absolute atomic E-state index is 10.1. The summed E-state index contributed by atoms with van der Waals surface area (Å²) in [6.07, 6.45) is 7.40. The maximum atomic E-state index is 10.1. The number of aliphatic hydroxyl groups excluding tert-OH is 2. The summed E-state index contributed by atoms with van der Waals surface area (Å²) in [6, 6.07) is 5.90. The van der Waals surface area contributed by atoms with Gasteiger partial charge in [0.25, 0.3) is 0 Å². The van der Waals surface area contributed by atoms with Gasteiger partial charge in [0.15, 0.2) is 5.82 Å². The van der Waals surface area contributed by atoms with E-state index in [0.29, 0.717) is 30.0 Å². The van der Waals surface area contributed by atoms with Gasteiger partial charge in [-0.05, 0) is 69.3 Å². The number of pyridine rings is 2. The lowest BCUT2D eigenvalue weighted by atomic mass is 9.98. The van der Waals surface area contributed by atoms with Crippen molar-refractivity contribution < 1.29 is 10.2 Å². The van der Waals surface area contributed by atoms with E-state index < -0.39 is 6.10 Å². The SMILES string of the molecule is C[C@@H](O)c1cc2cnc(Nc3ccc(CN4CCC(CO)CC4)cn3)nc2c(N2CCCC2)n1. The summed E-state index contributed by atoms with van der Waals surface area (Å²) in [5.41, 5.74) is 2.59. The first-order valence-corrected chi connectivity index (χ1v) is 12.2. The molecule has 2 aliphatic rings. The minimum atomic E-state index is -0.646. The molecule has 0 aliphatic carbocycles. The average molecular weight is 464 g/mol. The fourth-order valence-corrected chi connectivity index (χ4v) is 4.76. The highest BCUT2D eigenvalue weighted by molar-refractivity contribution is 5.89. The van der Waals surface area contributed by atoms with Crippen LogP contribution in [0.5, 0.6) is 0 Å². The minimum Gasteiger partial charge on any atom is -0.396 e. The number of fused-ring (bicyclic) bond motifs is 1. The zero-order valence-corrected chi connectivity index (χ0v) is 19.7. The molecule has 9 nitrogen and oxygen atoms in total. The van der Waals surface area contributed by atoms with E-state index in [2.05, 4.69) is 31.2 Å². The standard InChI is InChI=1S/C25H33N7O2/c1-17(34)21-12-20-14-27-25(30-23(20)24(28-21)32-8-2-3-9-32)29-22-5-4-19(13-26-22)15-31-10-6-18(16-33)7-11-31/h4-5,12-14,17-18,33-34H,2-3,6-11,15-16H2,1H3,(H,26,27,29,30)/t17-/m1/s1. The lowest BCUT2D eigenvalue weighted by Crippen LogP contribution is -2.34. The van der Waals surface area contributed by atoms with Crippen molar-refractivity contribution in [2.24, 2.45) is 5.92 Å². The normalized spacial score (nSPS) is 18.5. The number of aliphatic hydroxyl groups is 2. The van der Waals surface area contributed by atoms with E-state index in [4.69, 9.17) is 9.97 Å². The van der Waals surface area contributed by atoms with Crippen LogP contribution >= 0.6 is 0 Å². The molecule has 2 saturated heterocycles. The highest BCUT2D eigenvalue weighted by Crippen LogP contribution is 2.29. The summed E-state index contributed by atoms with van der Waals surface area (Å²) >= 11 is 0. The number of nitrogens with one attached hydrogen (secondary N) is 1. The van der Waals surface area contributed by atoms with E-state index in [1.807, 2.05) is 18.3 Å². The highest BCUT2D eigenvalue weighted by Gasteiger charge is 2.21. The molecule has 0 saturated carbocycles. The van der Waals surface area contributed by atoms with Crippen molar-refractivity contribution in [2.75, 3.05) is 43.0 Å². The Labute approximate surface area is 199 Å². The largest absolute Gasteiger partial charge is 0.396 e. The molecule has 0 bridgehead atoms. The molecule has 0 aromatic carbocycles. The van der Waals surface area contributed by atoms with Crippen molar-refractivity contribution >= 4 is 28.5 Å². The number of nitrogens with zero attached hydrogens (tertiary/aromatic N) is 6. The smallest absolute Gasteiger partial charge is 0.229 e. The molecule has 3 aromatic rings. The molecule has 3 N–H and O–H groups in total. The van der Waals surface area contributed by atoms with Gasteiger partial charge in [-0.15, -0.1) is 0 Å². The Morgan fingerprint density at radius 1 is 1.06 bits per heavy atom. The van der Waals surface area contributed by atoms with E-state index >= 15 is 0 Å². The zero-order valence-electron chi connectivity index (χ0n) is 19.7. The molecule has 0 radical (unpaired) electrons. The first kappa shape index (κ1) is 22.9. The molecule has 180 valence electrons. The molecule has 0 spiro atoms. The van der Waals surface area contributed by atoms with Gasteiger partial charge in [0.05, 0.1) is 11.8 Å². The van der Waals surface area contributed by atoms with Crippen molar-refractivity contribution in [3.8, 4) is 0 Å². The number of piperidine rings is 1. The average Bonchev–Trinajstić information content (AvgIpc) is 3.40. The van der Waals surface area contributed by atoms with Crippen molar-refractivity contribution in [1.29, 1.82) is 0 Å². The fourth-order valence-electron chi connectivity index (χ4n) is 4.76. The first-order valence-electron chi connectivity index (χ1n) is 12.2. The summed E-state index contributed by atoms with van der Waals surface area (Å²) in [5.74, 6) is 2.43. The van der Waals surface area contributed by atoms with Crippen LogP contribution in [0.2, 0.25) is 0 Å². The van der Waals surface area contributed by atoms with Crippen LogP contribution in [0.3, 0.4) is 0 Å². The predicted molar refractivity (Wildman–Crippen MR) is 132 cm³/mol. The third kappa shape index (κ3) is 5.11. The van der Waals surface area contributed by atoms with Crippen LogP contribution in [-0.4, -0.2) is 67.8 Å². The Hall–Kier alpha value is -2.88. The summed E-state index contributed by atoms with van der Waals surface area (Å²) in [6.45, 7) is 6.81. The Morgan fingerprint density at radius 3 is 2.53 bits per heavy atom. The number of aromatic nitrogens is 4. The third-order valence-electron chi connectivity index (χ3n) is 6.84. The van der Waals surface area contributed by atoms with Gasteiger partial charge >= 0.3 is 0 Å². The number of anilines is 3. The molecule has 5 heterocycles. The quantitative estimate of drug-likeness (QED) is 0.487. The van der Waals surface area contributed by atoms with Crippen LogP contribution in [0.4, 0.5) is 17.6 Å². The first-order chi connectivity index (χ1) is 16.6. The van der Waals surface area contributed by atoms with E-state index in [0.717, 1.165) is 75.1 Å². The van der Waals surface area contributed by atoms with Crippen molar-refractivity contribution in [3.63, 3.8) is 0 Å². The van der Waals surface area contributed by atoms with Crippen LogP contribution in [0.25, 0.3) is 10.9 Å². The van der Waals surface area contributed by atoms with E-state index in [9.17, 15) is 10.2 Å². The molecular weight excluding hydrogens is 430 g/mol. The third-order valence-corrected chi connectivity index (χ3v) is 6.84. The number of likely N-dealkylation sites (tertiary alicyclic amines) is 1. The molecule has 0 amide bonds. The van der Waals surface area contributed by atoms with Crippen LogP contribution in [0.1, 0.15) is 50.0 Å². The van der Waals surface area contributed by atoms with E-state index in [-0.39, 0.29) is 0 Å².